The largest absolute Gasteiger partial charge is 0.508 e. The molecule has 0 bridgehead atoms. The molecule has 1 aromatic carbocycles. The highest BCUT2D eigenvalue weighted by atomic mass is 16.3. The first-order valence-corrected chi connectivity index (χ1v) is 12.2. The minimum absolute atomic E-state index is 0.0156. The van der Waals surface area contributed by atoms with Crippen LogP contribution in [-0.2, 0) is 0 Å². The molecule has 0 radical (unpaired) electrons. The van der Waals surface area contributed by atoms with Gasteiger partial charge in [0.25, 0.3) is 0 Å². The van der Waals surface area contributed by atoms with E-state index in [1.165, 1.54) is 17.3 Å². The monoisotopic (exact) mass is 465 g/mol. The Morgan fingerprint density at radius 2 is 1.88 bits per heavy atom. The predicted molar refractivity (Wildman–Crippen MR) is 132 cm³/mol. The number of allylic oxidation sites excluding steroid dienone is 2. The van der Waals surface area contributed by atoms with Crippen LogP contribution in [0, 0.1) is 5.92 Å². The number of hydrogen-bond acceptors (Lipinski definition) is 6. The van der Waals surface area contributed by atoms with E-state index in [1.54, 1.807) is 0 Å². The maximum atomic E-state index is 10.5. The second-order valence-corrected chi connectivity index (χ2v) is 10.1. The van der Waals surface area contributed by atoms with E-state index in [0.717, 1.165) is 50.2 Å². The van der Waals surface area contributed by atoms with E-state index in [4.69, 9.17) is 0 Å². The third-order valence-corrected chi connectivity index (χ3v) is 7.59. The van der Waals surface area contributed by atoms with E-state index >= 15 is 0 Å². The standard InChI is InChI=1S/C26H35N5O3/c1-16(2)21-12-22(25(34)13-24(21)33)26-27-28-31(26)19-4-5-23-18(10-19)11-20(29(23)3)14-30-8-6-17(15-32)7-9-30/h4,10-13,16-17,23,28,32-34H,5-9,14-15H2,1-3H3. The van der Waals surface area contributed by atoms with Crippen LogP contribution >= 0.6 is 0 Å². The first-order chi connectivity index (χ1) is 16.4. The number of nitrogens with one attached hydrogen (secondary N) is 1. The highest BCUT2D eigenvalue weighted by molar-refractivity contribution is 5.73. The lowest BCUT2D eigenvalue weighted by Crippen LogP contribution is -2.39. The molecule has 182 valence electrons. The summed E-state index contributed by atoms with van der Waals surface area (Å²) < 4.78 is 1.89. The Balaban J connectivity index is 1.35. The Bertz CT molecular complexity index is 1150. The molecule has 1 unspecified atom stereocenters. The molecule has 1 aromatic heterocycles. The minimum Gasteiger partial charge on any atom is -0.508 e. The van der Waals surface area contributed by atoms with Gasteiger partial charge < -0.3 is 20.2 Å². The van der Waals surface area contributed by atoms with Gasteiger partial charge in [0, 0.05) is 32.0 Å². The van der Waals surface area contributed by atoms with Gasteiger partial charge in [-0.15, -0.1) is 5.10 Å². The van der Waals surface area contributed by atoms with E-state index in [2.05, 4.69) is 45.4 Å². The van der Waals surface area contributed by atoms with Crippen molar-refractivity contribution in [1.29, 1.82) is 0 Å². The van der Waals surface area contributed by atoms with Gasteiger partial charge in [0.2, 0.25) is 0 Å². The molecule has 3 aliphatic rings. The maximum absolute atomic E-state index is 10.5. The topological polar surface area (TPSA) is 101 Å². The predicted octanol–water partition coefficient (Wildman–Crippen LogP) is 3.49. The van der Waals surface area contributed by atoms with Crippen molar-refractivity contribution in [3.05, 3.63) is 47.2 Å². The number of phenolic OH excluding ortho intramolecular Hbond substituents is 2. The van der Waals surface area contributed by atoms with Crippen molar-refractivity contribution in [1.82, 2.24) is 24.8 Å². The zero-order valence-electron chi connectivity index (χ0n) is 20.2. The molecule has 5 rings (SSSR count). The molecule has 3 heterocycles. The molecule has 8 nitrogen and oxygen atoms in total. The van der Waals surface area contributed by atoms with Crippen LogP contribution in [0.2, 0.25) is 0 Å². The lowest BCUT2D eigenvalue weighted by molar-refractivity contribution is 0.132. The molecule has 8 heteroatoms. The zero-order chi connectivity index (χ0) is 24.0. The molecule has 0 saturated carbocycles. The number of phenols is 2. The van der Waals surface area contributed by atoms with Gasteiger partial charge >= 0.3 is 0 Å². The Hall–Kier alpha value is -2.97. The van der Waals surface area contributed by atoms with Crippen molar-refractivity contribution in [2.75, 3.05) is 33.3 Å². The van der Waals surface area contributed by atoms with E-state index in [-0.39, 0.29) is 17.4 Å². The number of aromatic amines is 1. The molecular weight excluding hydrogens is 430 g/mol. The molecule has 1 fully saturated rings. The Kier molecular flexibility index (Phi) is 6.04. The quantitative estimate of drug-likeness (QED) is 0.521. The number of aliphatic hydroxyl groups is 1. The highest BCUT2D eigenvalue weighted by Gasteiger charge is 2.31. The molecule has 0 amide bonds. The van der Waals surface area contributed by atoms with Crippen molar-refractivity contribution in [3.63, 3.8) is 0 Å². The molecule has 0 spiro atoms. The highest BCUT2D eigenvalue weighted by Crippen LogP contribution is 2.39. The van der Waals surface area contributed by atoms with Crippen molar-refractivity contribution >= 4 is 5.70 Å². The van der Waals surface area contributed by atoms with E-state index < -0.39 is 0 Å². The molecular formula is C26H35N5O3. The number of aliphatic hydroxyl groups excluding tert-OH is 1. The summed E-state index contributed by atoms with van der Waals surface area (Å²) in [5, 5.41) is 37.4. The number of aromatic hydroxyl groups is 2. The van der Waals surface area contributed by atoms with Gasteiger partial charge in [-0.3, -0.25) is 4.90 Å². The van der Waals surface area contributed by atoms with Gasteiger partial charge in [-0.2, -0.15) is 0 Å². The number of aromatic nitrogens is 3. The number of nitrogens with zero attached hydrogens (tertiary/aromatic N) is 4. The number of rotatable bonds is 6. The number of likely N-dealkylation sites (N-methyl/N-ethyl adjacent to an activating group) is 1. The summed E-state index contributed by atoms with van der Waals surface area (Å²) in [7, 11) is 2.17. The van der Waals surface area contributed by atoms with Crippen LogP contribution in [0.5, 0.6) is 11.5 Å². The van der Waals surface area contributed by atoms with Gasteiger partial charge in [-0.25, -0.2) is 9.90 Å². The molecule has 34 heavy (non-hydrogen) atoms. The second-order valence-electron chi connectivity index (χ2n) is 10.1. The van der Waals surface area contributed by atoms with Crippen molar-refractivity contribution in [3.8, 4) is 22.9 Å². The van der Waals surface area contributed by atoms with E-state index in [0.29, 0.717) is 30.0 Å². The summed E-state index contributed by atoms with van der Waals surface area (Å²) >= 11 is 0. The van der Waals surface area contributed by atoms with Crippen LogP contribution in [0.25, 0.3) is 17.1 Å². The second kappa shape index (κ2) is 9.00. The minimum atomic E-state index is 0.0156. The number of H-pyrrole nitrogens is 1. The number of benzene rings is 1. The molecule has 1 aliphatic carbocycles. The Morgan fingerprint density at radius 3 is 2.53 bits per heavy atom. The number of piperidine rings is 1. The normalized spacial score (nSPS) is 21.6. The zero-order valence-corrected chi connectivity index (χ0v) is 20.2. The lowest BCUT2D eigenvalue weighted by Gasteiger charge is -2.34. The molecule has 2 aliphatic heterocycles. The molecule has 1 atom stereocenters. The average Bonchev–Trinajstić information content (AvgIpc) is 3.09. The molecule has 4 N–H and O–H groups in total. The first-order valence-electron chi connectivity index (χ1n) is 12.2. The average molecular weight is 466 g/mol. The van der Waals surface area contributed by atoms with Crippen molar-refractivity contribution in [2.24, 2.45) is 5.92 Å². The Morgan fingerprint density at radius 1 is 1.12 bits per heavy atom. The van der Waals surface area contributed by atoms with Gasteiger partial charge in [0.1, 0.15) is 11.5 Å². The van der Waals surface area contributed by atoms with E-state index in [1.807, 2.05) is 24.6 Å². The van der Waals surface area contributed by atoms with Gasteiger partial charge in [0.15, 0.2) is 5.82 Å². The number of hydrogen-bond donors (Lipinski definition) is 4. The van der Waals surface area contributed by atoms with Crippen molar-refractivity contribution < 1.29 is 15.3 Å². The molecule has 1 saturated heterocycles. The van der Waals surface area contributed by atoms with Crippen LogP contribution in [0.1, 0.15) is 44.6 Å². The summed E-state index contributed by atoms with van der Waals surface area (Å²) in [4.78, 5) is 4.87. The summed E-state index contributed by atoms with van der Waals surface area (Å²) in [6.45, 7) is 7.34. The number of fused-ring (bicyclic) bond motifs is 1. The fourth-order valence-electron chi connectivity index (χ4n) is 5.32. The van der Waals surface area contributed by atoms with Gasteiger partial charge in [-0.1, -0.05) is 19.9 Å². The van der Waals surface area contributed by atoms with Crippen LogP contribution in [0.15, 0.2) is 41.6 Å². The fraction of sp³-hybridized carbons (Fsp3) is 0.500. The van der Waals surface area contributed by atoms with Crippen LogP contribution in [-0.4, -0.2) is 79.4 Å². The third kappa shape index (κ3) is 4.05. The first kappa shape index (κ1) is 22.8. The maximum Gasteiger partial charge on any atom is 0.185 e. The lowest BCUT2D eigenvalue weighted by atomic mass is 9.97. The van der Waals surface area contributed by atoms with Gasteiger partial charge in [-0.05, 0) is 73.5 Å². The van der Waals surface area contributed by atoms with Crippen molar-refractivity contribution in [2.45, 2.75) is 45.1 Å². The summed E-state index contributed by atoms with van der Waals surface area (Å²) in [6, 6.07) is 3.56. The molecule has 2 aromatic rings. The summed E-state index contributed by atoms with van der Waals surface area (Å²) in [5.41, 5.74) is 5.01. The Labute approximate surface area is 200 Å². The summed E-state index contributed by atoms with van der Waals surface area (Å²) in [6.07, 6.45) is 9.73. The van der Waals surface area contributed by atoms with E-state index in [9.17, 15) is 15.3 Å². The summed E-state index contributed by atoms with van der Waals surface area (Å²) in [5.74, 6) is 1.34. The van der Waals surface area contributed by atoms with Crippen LogP contribution < -0.4 is 0 Å². The fourth-order valence-corrected chi connectivity index (χ4v) is 5.32. The van der Waals surface area contributed by atoms with Crippen LogP contribution in [0.4, 0.5) is 0 Å². The van der Waals surface area contributed by atoms with Crippen LogP contribution in [0.3, 0.4) is 0 Å². The smallest absolute Gasteiger partial charge is 0.185 e. The third-order valence-electron chi connectivity index (χ3n) is 7.59. The number of likely N-dealkylation sites (tertiary alicyclic amines) is 1. The van der Waals surface area contributed by atoms with Gasteiger partial charge in [0.05, 0.1) is 17.3 Å². The SMILES string of the molecule is CC(C)c1cc(-c2n[nH]n2C2=CCC3C(=C2)C=C(CN2CCC(CO)CC2)N3C)c(O)cc1O.